The van der Waals surface area contributed by atoms with Gasteiger partial charge in [-0.25, -0.2) is 0 Å². The molecule has 0 aromatic heterocycles. The molecule has 13 heavy (non-hydrogen) atoms. The predicted molar refractivity (Wildman–Crippen MR) is 54.5 cm³/mol. The number of aliphatic hydroxyl groups is 1. The highest BCUT2D eigenvalue weighted by molar-refractivity contribution is 4.95. The van der Waals surface area contributed by atoms with Gasteiger partial charge in [-0.2, -0.15) is 0 Å². The highest BCUT2D eigenvalue weighted by Crippen LogP contribution is 2.47. The summed E-state index contributed by atoms with van der Waals surface area (Å²) in [6.07, 6.45) is 7.32. The lowest BCUT2D eigenvalue weighted by Crippen LogP contribution is -2.45. The number of hydrogen-bond acceptors (Lipinski definition) is 1. The molecule has 2 rings (SSSR count). The Hall–Kier alpha value is -0.0400. The Kier molecular flexibility index (Phi) is 2.39. The van der Waals surface area contributed by atoms with Gasteiger partial charge in [-0.05, 0) is 43.4 Å². The Morgan fingerprint density at radius 2 is 1.92 bits per heavy atom. The van der Waals surface area contributed by atoms with Crippen molar-refractivity contribution >= 4 is 0 Å². The molecule has 2 saturated carbocycles. The Morgan fingerprint density at radius 1 is 1.31 bits per heavy atom. The van der Waals surface area contributed by atoms with Crippen LogP contribution in [0.4, 0.5) is 0 Å². The number of hydrogen-bond donors (Lipinski definition) is 1. The molecule has 0 saturated heterocycles. The molecule has 76 valence electrons. The Morgan fingerprint density at radius 3 is 2.38 bits per heavy atom. The molecule has 1 heteroatoms. The van der Waals surface area contributed by atoms with Crippen LogP contribution >= 0.6 is 0 Å². The van der Waals surface area contributed by atoms with Gasteiger partial charge in [0.2, 0.25) is 0 Å². The van der Waals surface area contributed by atoms with Gasteiger partial charge in [0.05, 0.1) is 5.60 Å². The molecular weight excluding hydrogens is 160 g/mol. The summed E-state index contributed by atoms with van der Waals surface area (Å²) in [5, 5.41) is 10.1. The van der Waals surface area contributed by atoms with Crippen LogP contribution in [0.1, 0.15) is 52.4 Å². The van der Waals surface area contributed by atoms with Crippen LogP contribution in [0, 0.1) is 17.8 Å². The highest BCUT2D eigenvalue weighted by atomic mass is 16.3. The molecule has 0 aliphatic heterocycles. The molecule has 2 aliphatic rings. The predicted octanol–water partition coefficient (Wildman–Crippen LogP) is 2.97. The summed E-state index contributed by atoms with van der Waals surface area (Å²) in [6, 6.07) is 0. The molecule has 0 bridgehead atoms. The van der Waals surface area contributed by atoms with Crippen LogP contribution in [-0.2, 0) is 0 Å². The molecule has 0 spiro atoms. The van der Waals surface area contributed by atoms with Crippen LogP contribution in [0.15, 0.2) is 0 Å². The van der Waals surface area contributed by atoms with Crippen molar-refractivity contribution in [2.24, 2.45) is 17.8 Å². The van der Waals surface area contributed by atoms with Gasteiger partial charge in [-0.1, -0.05) is 26.7 Å². The van der Waals surface area contributed by atoms with E-state index in [0.717, 1.165) is 37.0 Å². The molecule has 0 heterocycles. The van der Waals surface area contributed by atoms with E-state index in [-0.39, 0.29) is 5.60 Å². The zero-order valence-corrected chi connectivity index (χ0v) is 8.92. The second kappa shape index (κ2) is 3.27. The van der Waals surface area contributed by atoms with Crippen molar-refractivity contribution in [3.05, 3.63) is 0 Å². The van der Waals surface area contributed by atoms with Crippen molar-refractivity contribution in [1.82, 2.24) is 0 Å². The van der Waals surface area contributed by atoms with Crippen molar-refractivity contribution in [2.75, 3.05) is 0 Å². The van der Waals surface area contributed by atoms with Crippen LogP contribution in [0.5, 0.6) is 0 Å². The third-order valence-electron chi connectivity index (χ3n) is 3.94. The quantitative estimate of drug-likeness (QED) is 0.708. The van der Waals surface area contributed by atoms with Crippen molar-refractivity contribution < 1.29 is 5.11 Å². The Balaban J connectivity index is 1.68. The zero-order chi connectivity index (χ0) is 9.47. The third-order valence-corrected chi connectivity index (χ3v) is 3.94. The van der Waals surface area contributed by atoms with Gasteiger partial charge >= 0.3 is 0 Å². The molecule has 1 N–H and O–H groups in total. The van der Waals surface area contributed by atoms with Crippen molar-refractivity contribution in [3.8, 4) is 0 Å². The van der Waals surface area contributed by atoms with Crippen LogP contribution in [0.2, 0.25) is 0 Å². The van der Waals surface area contributed by atoms with E-state index in [1.165, 1.54) is 19.3 Å². The summed E-state index contributed by atoms with van der Waals surface area (Å²) < 4.78 is 0. The van der Waals surface area contributed by atoms with Crippen molar-refractivity contribution in [2.45, 2.75) is 58.0 Å². The van der Waals surface area contributed by atoms with Crippen LogP contribution in [0.3, 0.4) is 0 Å². The lowest BCUT2D eigenvalue weighted by Gasteiger charge is -2.46. The highest BCUT2D eigenvalue weighted by Gasteiger charge is 2.43. The lowest BCUT2D eigenvalue weighted by atomic mass is 9.64. The maximum absolute atomic E-state index is 10.1. The minimum atomic E-state index is -0.252. The molecule has 0 radical (unpaired) electrons. The van der Waals surface area contributed by atoms with E-state index in [1.54, 1.807) is 0 Å². The summed E-state index contributed by atoms with van der Waals surface area (Å²) in [5.74, 6) is 2.53. The zero-order valence-electron chi connectivity index (χ0n) is 8.92. The van der Waals surface area contributed by atoms with Crippen molar-refractivity contribution in [1.29, 1.82) is 0 Å². The first-order valence-electron chi connectivity index (χ1n) is 5.81. The molecule has 0 aromatic rings. The Bertz CT molecular complexity index is 170. The largest absolute Gasteiger partial charge is 0.390 e. The maximum Gasteiger partial charge on any atom is 0.0653 e. The average molecular weight is 182 g/mol. The first-order valence-corrected chi connectivity index (χ1v) is 5.81. The maximum atomic E-state index is 10.1. The van der Waals surface area contributed by atoms with E-state index < -0.39 is 0 Å². The second-order valence-electron chi connectivity index (χ2n) is 5.62. The van der Waals surface area contributed by atoms with Gasteiger partial charge < -0.3 is 5.11 Å². The minimum absolute atomic E-state index is 0.252. The van der Waals surface area contributed by atoms with Gasteiger partial charge in [0.25, 0.3) is 0 Å². The first kappa shape index (κ1) is 9.51. The van der Waals surface area contributed by atoms with E-state index in [2.05, 4.69) is 13.8 Å². The molecule has 1 nitrogen and oxygen atoms in total. The monoisotopic (exact) mass is 182 g/mol. The summed E-state index contributed by atoms with van der Waals surface area (Å²) in [6.45, 7) is 4.54. The summed E-state index contributed by atoms with van der Waals surface area (Å²) in [5.41, 5.74) is -0.252. The SMILES string of the molecule is CC(C)C1CC(O)(CCC2CC2)C1. The van der Waals surface area contributed by atoms with E-state index in [4.69, 9.17) is 0 Å². The van der Waals surface area contributed by atoms with Crippen LogP contribution < -0.4 is 0 Å². The van der Waals surface area contributed by atoms with E-state index in [9.17, 15) is 5.11 Å². The van der Waals surface area contributed by atoms with Gasteiger partial charge in [0.15, 0.2) is 0 Å². The normalized spacial score (nSPS) is 39.2. The fourth-order valence-corrected chi connectivity index (χ4v) is 2.47. The summed E-state index contributed by atoms with van der Waals surface area (Å²) >= 11 is 0. The van der Waals surface area contributed by atoms with Crippen molar-refractivity contribution in [3.63, 3.8) is 0 Å². The summed E-state index contributed by atoms with van der Waals surface area (Å²) in [7, 11) is 0. The standard InChI is InChI=1S/C12H22O/c1-9(2)11-7-12(13,8-11)6-5-10-3-4-10/h9-11,13H,3-8H2,1-2H3. The third kappa shape index (κ3) is 2.25. The van der Waals surface area contributed by atoms with Gasteiger partial charge in [-0.3, -0.25) is 0 Å². The van der Waals surface area contributed by atoms with Gasteiger partial charge in [0, 0.05) is 0 Å². The topological polar surface area (TPSA) is 20.2 Å². The molecule has 0 amide bonds. The fourth-order valence-electron chi connectivity index (χ4n) is 2.47. The smallest absolute Gasteiger partial charge is 0.0653 e. The molecule has 2 aliphatic carbocycles. The summed E-state index contributed by atoms with van der Waals surface area (Å²) in [4.78, 5) is 0. The molecule has 0 unspecified atom stereocenters. The molecular formula is C12H22O. The lowest BCUT2D eigenvalue weighted by molar-refractivity contribution is -0.0941. The molecule has 0 aromatic carbocycles. The Labute approximate surface area is 81.5 Å². The first-order chi connectivity index (χ1) is 6.09. The average Bonchev–Trinajstić information content (AvgIpc) is 2.78. The second-order valence-corrected chi connectivity index (χ2v) is 5.62. The van der Waals surface area contributed by atoms with Gasteiger partial charge in [0.1, 0.15) is 0 Å². The molecule has 0 atom stereocenters. The minimum Gasteiger partial charge on any atom is -0.390 e. The fraction of sp³-hybridized carbons (Fsp3) is 1.00. The van der Waals surface area contributed by atoms with E-state index in [0.29, 0.717) is 0 Å². The molecule has 2 fully saturated rings. The van der Waals surface area contributed by atoms with Crippen LogP contribution in [0.25, 0.3) is 0 Å². The van der Waals surface area contributed by atoms with Gasteiger partial charge in [-0.15, -0.1) is 0 Å². The van der Waals surface area contributed by atoms with E-state index in [1.807, 2.05) is 0 Å². The number of rotatable bonds is 4. The van der Waals surface area contributed by atoms with E-state index >= 15 is 0 Å². The van der Waals surface area contributed by atoms with Crippen LogP contribution in [-0.4, -0.2) is 10.7 Å².